The molecular formula is C31H34ClNO6. The molecule has 0 fully saturated rings. The third-order valence-electron chi connectivity index (χ3n) is 5.73. The number of phenolic OH excluding ortho intramolecular Hbond substituents is 1. The minimum atomic E-state index is -0.709. The molecule has 206 valence electrons. The maximum absolute atomic E-state index is 10.0. The molecule has 0 aliphatic carbocycles. The van der Waals surface area contributed by atoms with Crippen LogP contribution in [-0.2, 0) is 10.3 Å². The van der Waals surface area contributed by atoms with Crippen molar-refractivity contribution in [1.29, 1.82) is 0 Å². The van der Waals surface area contributed by atoms with Crippen molar-refractivity contribution in [2.45, 2.75) is 18.9 Å². The fourth-order valence-corrected chi connectivity index (χ4v) is 3.75. The summed E-state index contributed by atoms with van der Waals surface area (Å²) in [5.74, 6) is 2.46. The van der Waals surface area contributed by atoms with Gasteiger partial charge < -0.3 is 19.3 Å². The molecule has 7 nitrogen and oxygen atoms in total. The molecule has 8 heteroatoms. The van der Waals surface area contributed by atoms with Crippen LogP contribution < -0.4 is 9.47 Å². The first kappa shape index (κ1) is 31.1. The summed E-state index contributed by atoms with van der Waals surface area (Å²) in [6.45, 7) is 2.05. The normalized spacial score (nSPS) is 10.3. The third-order valence-corrected chi connectivity index (χ3v) is 6.11. The van der Waals surface area contributed by atoms with Crippen LogP contribution in [0.25, 0.3) is 0 Å². The number of methoxy groups -OCH3 is 3. The minimum absolute atomic E-state index is 0.0159. The molecule has 0 heterocycles. The average molecular weight is 552 g/mol. The lowest BCUT2D eigenvalue weighted by molar-refractivity contribution is -0.384. The molecule has 4 aromatic rings. The SMILES string of the molecule is CCCCl.COc1ccc(C(OC)(c2ccccc2)c2ccc(OC)cc2)cc1.O=[N+]([O-])c1ccc(O)cc1. The van der Waals surface area contributed by atoms with Crippen LogP contribution in [0, 0.1) is 10.1 Å². The average Bonchev–Trinajstić information content (AvgIpc) is 2.99. The molecule has 0 amide bonds. The molecule has 0 saturated heterocycles. The van der Waals surface area contributed by atoms with E-state index in [0.29, 0.717) is 0 Å². The summed E-state index contributed by atoms with van der Waals surface area (Å²) in [5, 5.41) is 18.8. The van der Waals surface area contributed by atoms with E-state index in [9.17, 15) is 10.1 Å². The molecule has 0 aliphatic heterocycles. The topological polar surface area (TPSA) is 91.1 Å². The first-order valence-corrected chi connectivity index (χ1v) is 12.8. The molecule has 0 bridgehead atoms. The Morgan fingerprint density at radius 3 is 1.49 bits per heavy atom. The number of nitro groups is 1. The van der Waals surface area contributed by atoms with Gasteiger partial charge in [0.25, 0.3) is 5.69 Å². The second-order valence-corrected chi connectivity index (χ2v) is 8.55. The Morgan fingerprint density at radius 2 is 1.15 bits per heavy atom. The van der Waals surface area contributed by atoms with E-state index in [4.69, 9.17) is 30.9 Å². The van der Waals surface area contributed by atoms with Crippen LogP contribution in [0.5, 0.6) is 17.2 Å². The summed E-state index contributed by atoms with van der Waals surface area (Å²) in [4.78, 5) is 9.52. The Kier molecular flexibility index (Phi) is 12.8. The highest BCUT2D eigenvalue weighted by Crippen LogP contribution is 2.40. The number of hydrogen-bond acceptors (Lipinski definition) is 6. The van der Waals surface area contributed by atoms with E-state index in [1.165, 1.54) is 24.3 Å². The van der Waals surface area contributed by atoms with E-state index in [0.717, 1.165) is 40.5 Å². The van der Waals surface area contributed by atoms with E-state index in [2.05, 4.69) is 12.1 Å². The van der Waals surface area contributed by atoms with Gasteiger partial charge in [0.2, 0.25) is 0 Å². The Labute approximate surface area is 234 Å². The van der Waals surface area contributed by atoms with Crippen molar-refractivity contribution in [3.05, 3.63) is 130 Å². The van der Waals surface area contributed by atoms with Crippen molar-refractivity contribution in [2.75, 3.05) is 27.2 Å². The Bertz CT molecular complexity index is 1200. The molecule has 0 aliphatic rings. The van der Waals surface area contributed by atoms with E-state index < -0.39 is 10.5 Å². The number of rotatable bonds is 8. The largest absolute Gasteiger partial charge is 0.508 e. The fraction of sp³-hybridized carbons (Fsp3) is 0.226. The highest BCUT2D eigenvalue weighted by atomic mass is 35.5. The maximum Gasteiger partial charge on any atom is 0.269 e. The van der Waals surface area contributed by atoms with E-state index in [-0.39, 0.29) is 11.4 Å². The van der Waals surface area contributed by atoms with E-state index in [1.54, 1.807) is 21.3 Å². The molecule has 0 spiro atoms. The summed E-state index contributed by atoms with van der Waals surface area (Å²) < 4.78 is 16.8. The van der Waals surface area contributed by atoms with E-state index >= 15 is 0 Å². The minimum Gasteiger partial charge on any atom is -0.508 e. The zero-order valence-electron chi connectivity index (χ0n) is 22.5. The smallest absolute Gasteiger partial charge is 0.269 e. The van der Waals surface area contributed by atoms with Crippen molar-refractivity contribution in [1.82, 2.24) is 0 Å². The second kappa shape index (κ2) is 16.0. The van der Waals surface area contributed by atoms with Gasteiger partial charge in [-0.15, -0.1) is 11.6 Å². The first-order chi connectivity index (χ1) is 18.9. The lowest BCUT2D eigenvalue weighted by Crippen LogP contribution is -2.31. The quantitative estimate of drug-likeness (QED) is 0.105. The highest BCUT2D eigenvalue weighted by molar-refractivity contribution is 6.17. The van der Waals surface area contributed by atoms with Gasteiger partial charge in [-0.2, -0.15) is 0 Å². The van der Waals surface area contributed by atoms with Gasteiger partial charge in [0.15, 0.2) is 0 Å². The van der Waals surface area contributed by atoms with Crippen LogP contribution >= 0.6 is 11.6 Å². The van der Waals surface area contributed by atoms with Crippen LogP contribution in [0.1, 0.15) is 30.0 Å². The van der Waals surface area contributed by atoms with Crippen LogP contribution in [0.3, 0.4) is 0 Å². The predicted molar refractivity (Wildman–Crippen MR) is 155 cm³/mol. The van der Waals surface area contributed by atoms with Crippen LogP contribution in [-0.4, -0.2) is 37.2 Å². The van der Waals surface area contributed by atoms with Crippen molar-refractivity contribution >= 4 is 17.3 Å². The van der Waals surface area contributed by atoms with Crippen LogP contribution in [0.15, 0.2) is 103 Å². The predicted octanol–water partition coefficient (Wildman–Crippen LogP) is 7.58. The summed E-state index contributed by atoms with van der Waals surface area (Å²) >= 11 is 5.19. The van der Waals surface area contributed by atoms with Crippen LogP contribution in [0.4, 0.5) is 5.69 Å². The zero-order valence-corrected chi connectivity index (χ0v) is 23.3. The van der Waals surface area contributed by atoms with Gasteiger partial charge in [0.05, 0.1) is 19.1 Å². The van der Waals surface area contributed by atoms with Crippen molar-refractivity contribution < 1.29 is 24.2 Å². The lowest BCUT2D eigenvalue weighted by atomic mass is 9.80. The monoisotopic (exact) mass is 551 g/mol. The van der Waals surface area contributed by atoms with Crippen molar-refractivity contribution in [3.63, 3.8) is 0 Å². The molecule has 0 aromatic heterocycles. The molecule has 0 radical (unpaired) electrons. The van der Waals surface area contributed by atoms with Gasteiger partial charge in [-0.3, -0.25) is 10.1 Å². The van der Waals surface area contributed by atoms with Gasteiger partial charge >= 0.3 is 0 Å². The molecule has 1 N–H and O–H groups in total. The van der Waals surface area contributed by atoms with Crippen molar-refractivity contribution in [2.24, 2.45) is 0 Å². The van der Waals surface area contributed by atoms with E-state index in [1.807, 2.05) is 73.7 Å². The number of hydrogen-bond donors (Lipinski definition) is 1. The Balaban J connectivity index is 0.000000315. The molecule has 0 unspecified atom stereocenters. The molecule has 0 atom stereocenters. The summed E-state index contributed by atoms with van der Waals surface area (Å²) in [7, 11) is 5.07. The van der Waals surface area contributed by atoms with Gasteiger partial charge in [-0.1, -0.05) is 61.5 Å². The van der Waals surface area contributed by atoms with Gasteiger partial charge in [-0.05, 0) is 59.5 Å². The standard InChI is InChI=1S/C22H22O3.C6H5NO3.C3H7Cl/c1-23-20-13-9-18(10-14-20)22(25-3,17-7-5-4-6-8-17)19-11-15-21(24-2)16-12-19;8-6-3-1-5(2-4-6)7(9)10;1-2-3-4/h4-16H,1-3H3;1-4,8H;2-3H2,1H3. The number of benzene rings is 4. The zero-order chi connectivity index (χ0) is 28.7. The van der Waals surface area contributed by atoms with Gasteiger partial charge in [0, 0.05) is 25.1 Å². The second-order valence-electron chi connectivity index (χ2n) is 8.17. The summed E-state index contributed by atoms with van der Waals surface area (Å²) in [6.07, 6.45) is 1.08. The molecule has 0 saturated carbocycles. The highest BCUT2D eigenvalue weighted by Gasteiger charge is 2.36. The van der Waals surface area contributed by atoms with Gasteiger partial charge in [-0.25, -0.2) is 0 Å². The Hall–Kier alpha value is -4.07. The third kappa shape index (κ3) is 8.46. The number of halogens is 1. The number of alkyl halides is 1. The molecule has 4 aromatic carbocycles. The number of ether oxygens (including phenoxy) is 3. The molecule has 39 heavy (non-hydrogen) atoms. The fourth-order valence-electron chi connectivity index (χ4n) is 3.75. The number of non-ortho nitro benzene ring substituents is 1. The van der Waals surface area contributed by atoms with Crippen molar-refractivity contribution in [3.8, 4) is 17.2 Å². The summed E-state index contributed by atoms with van der Waals surface area (Å²) in [6, 6.07) is 31.2. The molecule has 4 rings (SSSR count). The number of aromatic hydroxyl groups is 1. The number of phenols is 1. The Morgan fingerprint density at radius 1 is 0.744 bits per heavy atom. The maximum atomic E-state index is 10.0. The number of nitrogens with zero attached hydrogens (tertiary/aromatic N) is 1. The lowest BCUT2D eigenvalue weighted by Gasteiger charge is -2.34. The summed E-state index contributed by atoms with van der Waals surface area (Å²) in [5.41, 5.74) is 2.41. The number of nitro benzene ring substituents is 1. The van der Waals surface area contributed by atoms with Crippen LogP contribution in [0.2, 0.25) is 0 Å². The first-order valence-electron chi connectivity index (χ1n) is 12.2. The molecular weight excluding hydrogens is 518 g/mol. The van der Waals surface area contributed by atoms with Gasteiger partial charge in [0.1, 0.15) is 22.8 Å².